The van der Waals surface area contributed by atoms with Gasteiger partial charge in [0.1, 0.15) is 5.75 Å². The van der Waals surface area contributed by atoms with E-state index in [2.05, 4.69) is 28.0 Å². The van der Waals surface area contributed by atoms with E-state index in [0.717, 1.165) is 48.9 Å². The van der Waals surface area contributed by atoms with Gasteiger partial charge < -0.3 is 19.3 Å². The number of rotatable bonds is 5. The van der Waals surface area contributed by atoms with Crippen molar-refractivity contribution in [1.82, 2.24) is 4.98 Å². The maximum Gasteiger partial charge on any atom is 0.213 e. The number of halogens is 1. The molecule has 4 rings (SSSR count). The van der Waals surface area contributed by atoms with Crippen molar-refractivity contribution < 1.29 is 9.47 Å². The summed E-state index contributed by atoms with van der Waals surface area (Å²) in [7, 11) is 3.33. The Morgan fingerprint density at radius 3 is 2.03 bits per heavy atom. The molecule has 150 valence electrons. The second-order valence-electron chi connectivity index (χ2n) is 6.90. The van der Waals surface area contributed by atoms with Crippen molar-refractivity contribution >= 4 is 23.0 Å². The van der Waals surface area contributed by atoms with Crippen LogP contribution in [0.4, 0.5) is 11.4 Å². The average molecular weight is 410 g/mol. The van der Waals surface area contributed by atoms with Gasteiger partial charge in [-0.3, -0.25) is 0 Å². The van der Waals surface area contributed by atoms with Gasteiger partial charge in [-0.15, -0.1) is 0 Å². The molecular formula is C23H24ClN3O2. The highest BCUT2D eigenvalue weighted by molar-refractivity contribution is 6.30. The Bertz CT molecular complexity index is 953. The summed E-state index contributed by atoms with van der Waals surface area (Å²) >= 11 is 6.07. The average Bonchev–Trinajstić information content (AvgIpc) is 2.79. The minimum absolute atomic E-state index is 0.607. The lowest BCUT2D eigenvalue weighted by molar-refractivity contribution is 0.398. The number of hydrogen-bond acceptors (Lipinski definition) is 5. The molecule has 1 fully saturated rings. The van der Waals surface area contributed by atoms with Gasteiger partial charge in [-0.25, -0.2) is 4.98 Å². The highest BCUT2D eigenvalue weighted by atomic mass is 35.5. The Balaban J connectivity index is 1.55. The molecule has 0 saturated carbocycles. The highest BCUT2D eigenvalue weighted by Crippen LogP contribution is 2.33. The van der Waals surface area contributed by atoms with Gasteiger partial charge in [0.25, 0.3) is 0 Å². The number of nitrogens with zero attached hydrogens (tertiary/aromatic N) is 3. The van der Waals surface area contributed by atoms with E-state index in [1.807, 2.05) is 42.5 Å². The van der Waals surface area contributed by atoms with Crippen LogP contribution in [0.15, 0.2) is 60.7 Å². The van der Waals surface area contributed by atoms with Crippen LogP contribution in [0.25, 0.3) is 11.3 Å². The van der Waals surface area contributed by atoms with E-state index >= 15 is 0 Å². The number of piperazine rings is 1. The first kappa shape index (κ1) is 19.4. The molecule has 1 saturated heterocycles. The molecule has 0 atom stereocenters. The number of methoxy groups -OCH3 is 2. The van der Waals surface area contributed by atoms with Crippen molar-refractivity contribution in [2.75, 3.05) is 50.2 Å². The molecule has 0 bridgehead atoms. The molecule has 0 amide bonds. The molecule has 6 heteroatoms. The third-order valence-electron chi connectivity index (χ3n) is 5.23. The van der Waals surface area contributed by atoms with Crippen molar-refractivity contribution in [3.8, 4) is 22.9 Å². The molecule has 2 aromatic carbocycles. The van der Waals surface area contributed by atoms with Crippen LogP contribution in [0.2, 0.25) is 5.02 Å². The molecular weight excluding hydrogens is 386 g/mol. The summed E-state index contributed by atoms with van der Waals surface area (Å²) in [5.41, 5.74) is 4.28. The van der Waals surface area contributed by atoms with Gasteiger partial charge in [0.15, 0.2) is 0 Å². The van der Waals surface area contributed by atoms with Gasteiger partial charge in [-0.1, -0.05) is 23.7 Å². The summed E-state index contributed by atoms with van der Waals surface area (Å²) in [4.78, 5) is 9.51. The zero-order valence-electron chi connectivity index (χ0n) is 16.6. The second kappa shape index (κ2) is 8.62. The van der Waals surface area contributed by atoms with E-state index in [4.69, 9.17) is 26.1 Å². The molecule has 29 heavy (non-hydrogen) atoms. The number of anilines is 2. The number of hydrogen-bond donors (Lipinski definition) is 0. The van der Waals surface area contributed by atoms with Crippen LogP contribution >= 0.6 is 11.6 Å². The Labute approximate surface area is 176 Å². The molecule has 0 spiro atoms. The maximum absolute atomic E-state index is 6.07. The molecule has 1 aliphatic heterocycles. The highest BCUT2D eigenvalue weighted by Gasteiger charge is 2.21. The van der Waals surface area contributed by atoms with Gasteiger partial charge in [0.05, 0.1) is 25.6 Å². The van der Waals surface area contributed by atoms with Crippen LogP contribution in [0.3, 0.4) is 0 Å². The third kappa shape index (κ3) is 4.25. The number of aromatic nitrogens is 1. The molecule has 1 aromatic heterocycles. The van der Waals surface area contributed by atoms with Gasteiger partial charge in [-0.05, 0) is 42.5 Å². The molecule has 5 nitrogen and oxygen atoms in total. The predicted octanol–water partition coefficient (Wildman–Crippen LogP) is 4.75. The van der Waals surface area contributed by atoms with Crippen molar-refractivity contribution in [2.45, 2.75) is 0 Å². The fraction of sp³-hybridized carbons (Fsp3) is 0.261. The van der Waals surface area contributed by atoms with Crippen molar-refractivity contribution in [1.29, 1.82) is 0 Å². The van der Waals surface area contributed by atoms with E-state index in [-0.39, 0.29) is 0 Å². The zero-order valence-corrected chi connectivity index (χ0v) is 17.4. The molecule has 0 N–H and O–H groups in total. The van der Waals surface area contributed by atoms with Gasteiger partial charge in [0, 0.05) is 48.5 Å². The van der Waals surface area contributed by atoms with E-state index < -0.39 is 0 Å². The van der Waals surface area contributed by atoms with Crippen LogP contribution in [0.5, 0.6) is 11.6 Å². The van der Waals surface area contributed by atoms with E-state index in [0.29, 0.717) is 10.9 Å². The van der Waals surface area contributed by atoms with Crippen LogP contribution in [-0.4, -0.2) is 45.4 Å². The SMILES string of the molecule is COc1ccc(N2CCN(c3ccc(OC)nc3-c3ccc(Cl)cc3)CC2)cc1. The lowest BCUT2D eigenvalue weighted by atomic mass is 10.1. The van der Waals surface area contributed by atoms with Gasteiger partial charge in [-0.2, -0.15) is 0 Å². The first-order valence-electron chi connectivity index (χ1n) is 9.63. The summed E-state index contributed by atoms with van der Waals surface area (Å²) in [5, 5.41) is 0.714. The fourth-order valence-corrected chi connectivity index (χ4v) is 3.75. The summed E-state index contributed by atoms with van der Waals surface area (Å²) in [6.07, 6.45) is 0. The lowest BCUT2D eigenvalue weighted by Gasteiger charge is -2.38. The van der Waals surface area contributed by atoms with Crippen molar-refractivity contribution in [3.63, 3.8) is 0 Å². The number of ether oxygens (including phenoxy) is 2. The second-order valence-corrected chi connectivity index (χ2v) is 7.34. The van der Waals surface area contributed by atoms with Crippen LogP contribution in [-0.2, 0) is 0 Å². The Morgan fingerprint density at radius 1 is 0.759 bits per heavy atom. The lowest BCUT2D eigenvalue weighted by Crippen LogP contribution is -2.46. The summed E-state index contributed by atoms with van der Waals surface area (Å²) in [5.74, 6) is 1.49. The molecule has 2 heterocycles. The third-order valence-corrected chi connectivity index (χ3v) is 5.49. The standard InChI is InChI=1S/C23H24ClN3O2/c1-28-20-9-7-19(8-10-20)26-13-15-27(16-14-26)21-11-12-22(29-2)25-23(21)17-3-5-18(24)6-4-17/h3-12H,13-16H2,1-2H3. The molecule has 1 aliphatic rings. The first-order valence-corrected chi connectivity index (χ1v) is 10.0. The quantitative estimate of drug-likeness (QED) is 0.608. The minimum atomic E-state index is 0.607. The Kier molecular flexibility index (Phi) is 5.76. The first-order chi connectivity index (χ1) is 14.2. The molecule has 3 aromatic rings. The topological polar surface area (TPSA) is 37.8 Å². The van der Waals surface area contributed by atoms with Crippen LogP contribution in [0.1, 0.15) is 0 Å². The molecule has 0 radical (unpaired) electrons. The zero-order chi connectivity index (χ0) is 20.2. The Morgan fingerprint density at radius 2 is 1.41 bits per heavy atom. The Hall–Kier alpha value is -2.92. The van der Waals surface area contributed by atoms with E-state index in [9.17, 15) is 0 Å². The maximum atomic E-state index is 6.07. The summed E-state index contributed by atoms with van der Waals surface area (Å²) in [6, 6.07) is 20.0. The smallest absolute Gasteiger partial charge is 0.213 e. The predicted molar refractivity (Wildman–Crippen MR) is 119 cm³/mol. The summed E-state index contributed by atoms with van der Waals surface area (Å²) < 4.78 is 10.6. The largest absolute Gasteiger partial charge is 0.497 e. The normalized spacial score (nSPS) is 14.0. The minimum Gasteiger partial charge on any atom is -0.497 e. The van der Waals surface area contributed by atoms with Crippen LogP contribution < -0.4 is 19.3 Å². The molecule has 0 aliphatic carbocycles. The molecule has 0 unspecified atom stereocenters. The van der Waals surface area contributed by atoms with E-state index in [1.165, 1.54) is 5.69 Å². The van der Waals surface area contributed by atoms with Crippen LogP contribution in [0, 0.1) is 0 Å². The van der Waals surface area contributed by atoms with Gasteiger partial charge in [0.2, 0.25) is 5.88 Å². The monoisotopic (exact) mass is 409 g/mol. The van der Waals surface area contributed by atoms with Crippen molar-refractivity contribution in [2.24, 2.45) is 0 Å². The number of pyridine rings is 1. The van der Waals surface area contributed by atoms with Crippen molar-refractivity contribution in [3.05, 3.63) is 65.7 Å². The van der Waals surface area contributed by atoms with E-state index in [1.54, 1.807) is 14.2 Å². The number of benzene rings is 2. The fourth-order valence-electron chi connectivity index (χ4n) is 3.62. The summed E-state index contributed by atoms with van der Waals surface area (Å²) in [6.45, 7) is 3.72. The van der Waals surface area contributed by atoms with Gasteiger partial charge >= 0.3 is 0 Å².